The number of nitrogens with zero attached hydrogens (tertiary/aromatic N) is 1. The smallest absolute Gasteiger partial charge is 0.417 e. The van der Waals surface area contributed by atoms with Gasteiger partial charge in [-0.3, -0.25) is 0 Å². The minimum atomic E-state index is -4.85. The van der Waals surface area contributed by atoms with Crippen LogP contribution in [0.2, 0.25) is 0 Å². The normalized spacial score (nSPS) is 12.0. The fraction of sp³-hybridized carbons (Fsp3) is 0.444. The van der Waals surface area contributed by atoms with E-state index in [-0.39, 0.29) is 5.69 Å². The van der Waals surface area contributed by atoms with Crippen molar-refractivity contribution >= 4 is 0 Å². The molecule has 0 aliphatic heterocycles. The third-order valence-electron chi connectivity index (χ3n) is 1.87. The molecule has 0 fully saturated rings. The molecule has 0 N–H and O–H groups in total. The molecule has 90 valence electrons. The van der Waals surface area contributed by atoms with E-state index in [2.05, 4.69) is 9.72 Å². The van der Waals surface area contributed by atoms with Gasteiger partial charge in [-0.2, -0.15) is 13.2 Å². The molecule has 0 aromatic carbocycles. The molecule has 2 nitrogen and oxygen atoms in total. The highest BCUT2D eigenvalue weighted by atomic mass is 19.4. The van der Waals surface area contributed by atoms with Crippen LogP contribution in [0.3, 0.4) is 0 Å². The van der Waals surface area contributed by atoms with Crippen LogP contribution in [0, 0.1) is 6.92 Å². The molecule has 0 spiro atoms. The summed E-state index contributed by atoms with van der Waals surface area (Å²) in [6.45, 7) is 1.27. The average Bonchev–Trinajstić information content (AvgIpc) is 2.14. The second kappa shape index (κ2) is 4.23. The summed E-state index contributed by atoms with van der Waals surface area (Å²) in [4.78, 5) is 3.48. The van der Waals surface area contributed by atoms with Crippen LogP contribution in [0.25, 0.3) is 0 Å². The van der Waals surface area contributed by atoms with Crippen LogP contribution < -0.4 is 4.74 Å². The van der Waals surface area contributed by atoms with Crippen molar-refractivity contribution in [2.45, 2.75) is 19.5 Å². The van der Waals surface area contributed by atoms with Gasteiger partial charge in [0.1, 0.15) is 0 Å². The summed E-state index contributed by atoms with van der Waals surface area (Å²) < 4.78 is 66.9. The van der Waals surface area contributed by atoms with Gasteiger partial charge in [0.2, 0.25) is 5.88 Å². The summed E-state index contributed by atoms with van der Waals surface area (Å²) >= 11 is 0. The van der Waals surface area contributed by atoms with Gasteiger partial charge in [0, 0.05) is 5.69 Å². The summed E-state index contributed by atoms with van der Waals surface area (Å²) in [6.07, 6.45) is -8.15. The van der Waals surface area contributed by atoms with Crippen LogP contribution in [0.5, 0.6) is 5.88 Å². The molecule has 0 saturated heterocycles. The first-order valence-electron chi connectivity index (χ1n) is 4.18. The summed E-state index contributed by atoms with van der Waals surface area (Å²) in [7, 11) is 0.994. The van der Waals surface area contributed by atoms with Crippen molar-refractivity contribution in [2.24, 2.45) is 0 Å². The molecule has 1 rings (SSSR count). The van der Waals surface area contributed by atoms with E-state index in [9.17, 15) is 22.0 Å². The molecule has 0 atom stereocenters. The Morgan fingerprint density at radius 3 is 2.25 bits per heavy atom. The number of rotatable bonds is 2. The first-order chi connectivity index (χ1) is 7.27. The molecule has 1 heterocycles. The number of hydrogen-bond donors (Lipinski definition) is 0. The van der Waals surface area contributed by atoms with E-state index in [4.69, 9.17) is 0 Å². The molecule has 0 saturated carbocycles. The van der Waals surface area contributed by atoms with E-state index in [0.717, 1.165) is 7.11 Å². The molecule has 0 bridgehead atoms. The Hall–Kier alpha value is -1.40. The van der Waals surface area contributed by atoms with Crippen molar-refractivity contribution in [3.05, 3.63) is 22.9 Å². The first kappa shape index (κ1) is 12.7. The molecule has 16 heavy (non-hydrogen) atoms. The van der Waals surface area contributed by atoms with Crippen LogP contribution >= 0.6 is 0 Å². The lowest BCUT2D eigenvalue weighted by Crippen LogP contribution is -2.12. The number of alkyl halides is 5. The SMILES string of the molecule is COc1nc(C)cc(C(F)(F)F)c1C(F)F. The average molecular weight is 241 g/mol. The molecule has 0 aliphatic rings. The van der Waals surface area contributed by atoms with Crippen molar-refractivity contribution in [3.8, 4) is 5.88 Å². The van der Waals surface area contributed by atoms with E-state index in [1.54, 1.807) is 0 Å². The topological polar surface area (TPSA) is 22.1 Å². The Balaban J connectivity index is 3.51. The molecule has 1 aromatic heterocycles. The Kier molecular flexibility index (Phi) is 3.35. The van der Waals surface area contributed by atoms with Gasteiger partial charge in [0.15, 0.2) is 0 Å². The number of methoxy groups -OCH3 is 1. The number of aromatic nitrogens is 1. The molecular formula is C9H8F5NO. The van der Waals surface area contributed by atoms with Crippen LogP contribution in [-0.2, 0) is 6.18 Å². The molecule has 0 aliphatic carbocycles. The zero-order chi connectivity index (χ0) is 12.5. The fourth-order valence-electron chi connectivity index (χ4n) is 1.26. The van der Waals surface area contributed by atoms with Crippen LogP contribution in [0.1, 0.15) is 23.2 Å². The number of pyridine rings is 1. The van der Waals surface area contributed by atoms with Crippen molar-refractivity contribution in [2.75, 3.05) is 7.11 Å². The predicted octanol–water partition coefficient (Wildman–Crippen LogP) is 3.36. The van der Waals surface area contributed by atoms with Gasteiger partial charge in [-0.05, 0) is 13.0 Å². The van der Waals surface area contributed by atoms with Gasteiger partial charge in [-0.1, -0.05) is 0 Å². The zero-order valence-corrected chi connectivity index (χ0v) is 8.40. The standard InChI is InChI=1S/C9H8F5NO/c1-4-3-5(9(12,13)14)6(7(10)11)8(15-4)16-2/h3,7H,1-2H3. The van der Waals surface area contributed by atoms with E-state index < -0.39 is 29.6 Å². The summed E-state index contributed by atoms with van der Waals surface area (Å²) in [6, 6.07) is 0.573. The van der Waals surface area contributed by atoms with Crippen LogP contribution in [0.4, 0.5) is 22.0 Å². The second-order valence-electron chi connectivity index (χ2n) is 3.03. The lowest BCUT2D eigenvalue weighted by atomic mass is 10.1. The van der Waals surface area contributed by atoms with E-state index in [1.165, 1.54) is 6.92 Å². The number of aryl methyl sites for hydroxylation is 1. The van der Waals surface area contributed by atoms with E-state index >= 15 is 0 Å². The predicted molar refractivity (Wildman–Crippen MR) is 45.5 cm³/mol. The van der Waals surface area contributed by atoms with Crippen molar-refractivity contribution in [3.63, 3.8) is 0 Å². The highest BCUT2D eigenvalue weighted by Crippen LogP contribution is 2.40. The second-order valence-corrected chi connectivity index (χ2v) is 3.03. The van der Waals surface area contributed by atoms with E-state index in [1.807, 2.05) is 0 Å². The van der Waals surface area contributed by atoms with Gasteiger partial charge < -0.3 is 4.74 Å². The van der Waals surface area contributed by atoms with Crippen LogP contribution in [-0.4, -0.2) is 12.1 Å². The fourth-order valence-corrected chi connectivity index (χ4v) is 1.26. The van der Waals surface area contributed by atoms with Crippen molar-refractivity contribution in [1.29, 1.82) is 0 Å². The first-order valence-corrected chi connectivity index (χ1v) is 4.18. The largest absolute Gasteiger partial charge is 0.481 e. The minimum Gasteiger partial charge on any atom is -0.481 e. The maximum Gasteiger partial charge on any atom is 0.417 e. The zero-order valence-electron chi connectivity index (χ0n) is 8.40. The number of halogens is 5. The van der Waals surface area contributed by atoms with Crippen molar-refractivity contribution in [1.82, 2.24) is 4.98 Å². The summed E-state index contributed by atoms with van der Waals surface area (Å²) in [5.41, 5.74) is -2.67. The molecule has 0 radical (unpaired) electrons. The van der Waals surface area contributed by atoms with Gasteiger partial charge in [0.25, 0.3) is 6.43 Å². The van der Waals surface area contributed by atoms with Crippen LogP contribution in [0.15, 0.2) is 6.07 Å². The monoisotopic (exact) mass is 241 g/mol. The molecule has 7 heteroatoms. The summed E-state index contributed by atoms with van der Waals surface area (Å²) in [5.74, 6) is -0.692. The quantitative estimate of drug-likeness (QED) is 0.740. The van der Waals surface area contributed by atoms with Gasteiger partial charge in [-0.25, -0.2) is 13.8 Å². The Morgan fingerprint density at radius 2 is 1.88 bits per heavy atom. The van der Waals surface area contributed by atoms with Gasteiger partial charge in [-0.15, -0.1) is 0 Å². The van der Waals surface area contributed by atoms with Gasteiger partial charge in [0.05, 0.1) is 18.2 Å². The Morgan fingerprint density at radius 1 is 1.31 bits per heavy atom. The lowest BCUT2D eigenvalue weighted by Gasteiger charge is -2.15. The Bertz CT molecular complexity index is 388. The third kappa shape index (κ3) is 2.40. The Labute approximate surface area is 88.1 Å². The van der Waals surface area contributed by atoms with Gasteiger partial charge >= 0.3 is 6.18 Å². The van der Waals surface area contributed by atoms with Crippen molar-refractivity contribution < 1.29 is 26.7 Å². The summed E-state index contributed by atoms with van der Waals surface area (Å²) in [5, 5.41) is 0. The minimum absolute atomic E-state index is 0.0337. The maximum absolute atomic E-state index is 12.5. The lowest BCUT2D eigenvalue weighted by molar-refractivity contribution is -0.139. The number of ether oxygens (including phenoxy) is 1. The third-order valence-corrected chi connectivity index (χ3v) is 1.87. The highest BCUT2D eigenvalue weighted by molar-refractivity contribution is 5.39. The maximum atomic E-state index is 12.5. The number of hydrogen-bond acceptors (Lipinski definition) is 2. The van der Waals surface area contributed by atoms with E-state index in [0.29, 0.717) is 6.07 Å². The molecular weight excluding hydrogens is 233 g/mol. The molecule has 0 unspecified atom stereocenters. The molecule has 1 aromatic rings. The highest BCUT2D eigenvalue weighted by Gasteiger charge is 2.38. The molecule has 0 amide bonds.